The van der Waals surface area contributed by atoms with E-state index in [9.17, 15) is 4.79 Å². The van der Waals surface area contributed by atoms with Gasteiger partial charge >= 0.3 is 0 Å². The van der Waals surface area contributed by atoms with Crippen molar-refractivity contribution in [1.82, 2.24) is 24.7 Å². The molecule has 0 aliphatic carbocycles. The van der Waals surface area contributed by atoms with Crippen LogP contribution in [0.2, 0.25) is 0 Å². The number of amides is 1. The van der Waals surface area contributed by atoms with E-state index in [-0.39, 0.29) is 5.91 Å². The number of nitrogens with zero attached hydrogens (tertiary/aromatic N) is 5. The number of carbonyl (C=O) groups is 1. The molecular weight excluding hydrogens is 368 g/mol. The number of guanidine groups is 1. The van der Waals surface area contributed by atoms with Crippen LogP contribution in [0.4, 0.5) is 0 Å². The lowest BCUT2D eigenvalue weighted by molar-refractivity contribution is 0.0657. The Labute approximate surface area is 169 Å². The van der Waals surface area contributed by atoms with E-state index in [1.807, 2.05) is 29.4 Å². The number of rotatable bonds is 5. The summed E-state index contributed by atoms with van der Waals surface area (Å²) in [7, 11) is 0. The average Bonchev–Trinajstić information content (AvgIpc) is 3.43. The SMILES string of the molecule is CCNC(=NCCn1cnc2ccccc21)N1CCN(C(=O)c2ccco2)CC1. The smallest absolute Gasteiger partial charge is 0.289 e. The van der Waals surface area contributed by atoms with Crippen LogP contribution in [0.15, 0.2) is 58.4 Å². The van der Waals surface area contributed by atoms with Crippen LogP contribution in [0.1, 0.15) is 17.5 Å². The quantitative estimate of drug-likeness (QED) is 0.529. The summed E-state index contributed by atoms with van der Waals surface area (Å²) < 4.78 is 7.36. The first kappa shape index (κ1) is 19.0. The number of hydrogen-bond donors (Lipinski definition) is 1. The van der Waals surface area contributed by atoms with Crippen molar-refractivity contribution in [1.29, 1.82) is 0 Å². The third-order valence-corrected chi connectivity index (χ3v) is 5.06. The van der Waals surface area contributed by atoms with E-state index in [0.717, 1.165) is 43.2 Å². The maximum absolute atomic E-state index is 12.4. The van der Waals surface area contributed by atoms with Crippen LogP contribution in [0, 0.1) is 0 Å². The topological polar surface area (TPSA) is 78.9 Å². The van der Waals surface area contributed by atoms with Crippen molar-refractivity contribution in [3.8, 4) is 0 Å². The van der Waals surface area contributed by atoms with Gasteiger partial charge in [0.2, 0.25) is 0 Å². The fourth-order valence-corrected chi connectivity index (χ4v) is 3.56. The number of imidazole rings is 1. The first-order chi connectivity index (χ1) is 14.3. The zero-order valence-corrected chi connectivity index (χ0v) is 16.6. The van der Waals surface area contributed by atoms with Gasteiger partial charge in [0.15, 0.2) is 11.7 Å². The number of carbonyl (C=O) groups excluding carboxylic acids is 1. The van der Waals surface area contributed by atoms with E-state index in [1.165, 1.54) is 6.26 Å². The molecule has 29 heavy (non-hydrogen) atoms. The van der Waals surface area contributed by atoms with Gasteiger partial charge in [0.25, 0.3) is 5.91 Å². The fraction of sp³-hybridized carbons (Fsp3) is 0.381. The van der Waals surface area contributed by atoms with Gasteiger partial charge in [-0.05, 0) is 31.2 Å². The number of piperazine rings is 1. The second kappa shape index (κ2) is 8.81. The summed E-state index contributed by atoms with van der Waals surface area (Å²) in [5, 5.41) is 3.37. The van der Waals surface area contributed by atoms with Gasteiger partial charge in [0, 0.05) is 39.3 Å². The summed E-state index contributed by atoms with van der Waals surface area (Å²) in [4.78, 5) is 25.7. The molecule has 152 valence electrons. The van der Waals surface area contributed by atoms with Crippen LogP contribution in [0.25, 0.3) is 11.0 Å². The molecule has 1 saturated heterocycles. The van der Waals surface area contributed by atoms with E-state index in [2.05, 4.69) is 32.8 Å². The number of aliphatic imine (C=N–C) groups is 1. The second-order valence-corrected chi connectivity index (χ2v) is 6.92. The van der Waals surface area contributed by atoms with Crippen molar-refractivity contribution >= 4 is 22.9 Å². The molecule has 8 heteroatoms. The molecule has 3 aromatic rings. The molecule has 1 amide bonds. The molecule has 1 aliphatic rings. The minimum absolute atomic E-state index is 0.0522. The van der Waals surface area contributed by atoms with Crippen molar-refractivity contribution in [2.75, 3.05) is 39.3 Å². The molecule has 0 bridgehead atoms. The molecule has 1 aromatic carbocycles. The molecule has 0 atom stereocenters. The van der Waals surface area contributed by atoms with E-state index < -0.39 is 0 Å². The van der Waals surface area contributed by atoms with Gasteiger partial charge < -0.3 is 24.1 Å². The van der Waals surface area contributed by atoms with Gasteiger partial charge in [-0.2, -0.15) is 0 Å². The normalized spacial score (nSPS) is 15.1. The van der Waals surface area contributed by atoms with Crippen LogP contribution < -0.4 is 5.32 Å². The summed E-state index contributed by atoms with van der Waals surface area (Å²) in [6.07, 6.45) is 3.40. The lowest BCUT2D eigenvalue weighted by Crippen LogP contribution is -2.53. The highest BCUT2D eigenvalue weighted by Crippen LogP contribution is 2.12. The Morgan fingerprint density at radius 2 is 1.93 bits per heavy atom. The monoisotopic (exact) mass is 394 g/mol. The van der Waals surface area contributed by atoms with Crippen LogP contribution in [-0.4, -0.2) is 70.5 Å². The number of fused-ring (bicyclic) bond motifs is 1. The van der Waals surface area contributed by atoms with Crippen LogP contribution in [0.5, 0.6) is 0 Å². The molecule has 2 aromatic heterocycles. The van der Waals surface area contributed by atoms with Crippen molar-refractivity contribution in [3.63, 3.8) is 0 Å². The maximum Gasteiger partial charge on any atom is 0.289 e. The number of aromatic nitrogens is 2. The summed E-state index contributed by atoms with van der Waals surface area (Å²) in [6, 6.07) is 11.6. The standard InChI is InChI=1S/C21H26N6O2/c1-2-22-21(23-9-10-27-16-24-17-6-3-4-7-18(17)27)26-13-11-25(12-14-26)20(28)19-8-5-15-29-19/h3-8,15-16H,2,9-14H2,1H3,(H,22,23). The highest BCUT2D eigenvalue weighted by atomic mass is 16.3. The van der Waals surface area contributed by atoms with Gasteiger partial charge in [0.1, 0.15) is 0 Å². The maximum atomic E-state index is 12.4. The molecule has 1 N–H and O–H groups in total. The van der Waals surface area contributed by atoms with Crippen LogP contribution in [0.3, 0.4) is 0 Å². The van der Waals surface area contributed by atoms with Crippen molar-refractivity contribution in [2.45, 2.75) is 13.5 Å². The van der Waals surface area contributed by atoms with E-state index in [4.69, 9.17) is 9.41 Å². The number of benzene rings is 1. The predicted octanol–water partition coefficient (Wildman–Crippen LogP) is 2.05. The Bertz CT molecular complexity index is 970. The molecule has 4 rings (SSSR count). The Morgan fingerprint density at radius 1 is 1.14 bits per heavy atom. The highest BCUT2D eigenvalue weighted by molar-refractivity contribution is 5.91. The Morgan fingerprint density at radius 3 is 2.69 bits per heavy atom. The van der Waals surface area contributed by atoms with Gasteiger partial charge in [0.05, 0.1) is 30.2 Å². The van der Waals surface area contributed by atoms with Crippen molar-refractivity contribution in [2.24, 2.45) is 4.99 Å². The second-order valence-electron chi connectivity index (χ2n) is 6.92. The summed E-state index contributed by atoms with van der Waals surface area (Å²) in [5.41, 5.74) is 2.12. The summed E-state index contributed by atoms with van der Waals surface area (Å²) >= 11 is 0. The number of furan rings is 1. The summed E-state index contributed by atoms with van der Waals surface area (Å²) in [5.74, 6) is 1.23. The summed E-state index contributed by atoms with van der Waals surface area (Å²) in [6.45, 7) is 7.08. The first-order valence-electron chi connectivity index (χ1n) is 10.0. The van der Waals surface area contributed by atoms with Crippen molar-refractivity contribution in [3.05, 3.63) is 54.7 Å². The minimum atomic E-state index is -0.0522. The highest BCUT2D eigenvalue weighted by Gasteiger charge is 2.25. The third-order valence-electron chi connectivity index (χ3n) is 5.06. The zero-order valence-electron chi connectivity index (χ0n) is 16.6. The van der Waals surface area contributed by atoms with Crippen LogP contribution in [-0.2, 0) is 6.54 Å². The van der Waals surface area contributed by atoms with Gasteiger partial charge in [-0.25, -0.2) is 4.98 Å². The number of hydrogen-bond acceptors (Lipinski definition) is 4. The minimum Gasteiger partial charge on any atom is -0.459 e. The lowest BCUT2D eigenvalue weighted by Gasteiger charge is -2.36. The van der Waals surface area contributed by atoms with E-state index >= 15 is 0 Å². The largest absolute Gasteiger partial charge is 0.459 e. The predicted molar refractivity (Wildman–Crippen MR) is 112 cm³/mol. The molecule has 0 saturated carbocycles. The third kappa shape index (κ3) is 4.26. The van der Waals surface area contributed by atoms with Gasteiger partial charge in [-0.15, -0.1) is 0 Å². The first-order valence-corrected chi connectivity index (χ1v) is 10.0. The Hall–Kier alpha value is -3.29. The Balaban J connectivity index is 1.35. The lowest BCUT2D eigenvalue weighted by atomic mass is 10.3. The molecule has 3 heterocycles. The molecule has 1 aliphatic heterocycles. The number of nitrogens with one attached hydrogen (secondary N) is 1. The molecule has 1 fully saturated rings. The average molecular weight is 394 g/mol. The van der Waals surface area contributed by atoms with Crippen LogP contribution >= 0.6 is 0 Å². The molecular formula is C21H26N6O2. The van der Waals surface area contributed by atoms with E-state index in [0.29, 0.717) is 25.4 Å². The molecule has 0 unspecified atom stereocenters. The molecule has 0 radical (unpaired) electrons. The van der Waals surface area contributed by atoms with Crippen molar-refractivity contribution < 1.29 is 9.21 Å². The molecule has 8 nitrogen and oxygen atoms in total. The Kier molecular flexibility index (Phi) is 5.79. The van der Waals surface area contributed by atoms with Gasteiger partial charge in [-0.3, -0.25) is 9.79 Å². The fourth-order valence-electron chi connectivity index (χ4n) is 3.56. The number of para-hydroxylation sites is 2. The zero-order chi connectivity index (χ0) is 20.1. The molecule has 0 spiro atoms. The van der Waals surface area contributed by atoms with Gasteiger partial charge in [-0.1, -0.05) is 12.1 Å². The van der Waals surface area contributed by atoms with E-state index in [1.54, 1.807) is 12.1 Å².